The average molecular weight is 224 g/mol. The molecule has 0 aromatic rings. The third-order valence-electron chi connectivity index (χ3n) is 2.18. The Hall–Kier alpha value is -1.62. The van der Waals surface area contributed by atoms with Gasteiger partial charge in [-0.05, 0) is 18.1 Å². The zero-order valence-corrected chi connectivity index (χ0v) is 9.07. The van der Waals surface area contributed by atoms with E-state index >= 15 is 0 Å². The third-order valence-corrected chi connectivity index (χ3v) is 2.18. The molecule has 0 spiro atoms. The first-order valence-corrected chi connectivity index (χ1v) is 5.09. The summed E-state index contributed by atoms with van der Waals surface area (Å²) in [5.41, 5.74) is 0.688. The van der Waals surface area contributed by atoms with Crippen LogP contribution in [0.25, 0.3) is 0 Å². The first-order valence-electron chi connectivity index (χ1n) is 5.09. The van der Waals surface area contributed by atoms with E-state index in [1.165, 1.54) is 6.08 Å². The summed E-state index contributed by atoms with van der Waals surface area (Å²) in [6.45, 7) is 4.90. The van der Waals surface area contributed by atoms with Crippen LogP contribution in [-0.2, 0) is 9.47 Å². The number of amides is 1. The van der Waals surface area contributed by atoms with E-state index in [1.807, 2.05) is 0 Å². The fourth-order valence-electron chi connectivity index (χ4n) is 1.29. The molecule has 0 aliphatic carbocycles. The molecule has 1 amide bonds. The topological polar surface area (TPSA) is 71.4 Å². The highest BCUT2D eigenvalue weighted by Gasteiger charge is 2.18. The molecular weight excluding hydrogens is 208 g/mol. The highest BCUT2D eigenvalue weighted by atomic mass is 16.5. The van der Waals surface area contributed by atoms with Crippen LogP contribution in [0.3, 0.4) is 0 Å². The highest BCUT2D eigenvalue weighted by Crippen LogP contribution is 2.03. The van der Waals surface area contributed by atoms with Crippen LogP contribution in [0.1, 0.15) is 6.42 Å². The van der Waals surface area contributed by atoms with Gasteiger partial charge in [0.1, 0.15) is 6.61 Å². The lowest BCUT2D eigenvalue weighted by molar-refractivity contribution is 0.147. The van der Waals surface area contributed by atoms with E-state index in [0.717, 1.165) is 12.6 Å². The standard InChI is InChI=1S/C11H16N2O3/c1-2-9(3-5-12)7-16-11(14)13-10-4-6-15-8-10/h2-3,5,10,12H,1,4,6-8H2,(H,13,14)/b9-3+,12-5?. The number of nitrogens with one attached hydrogen (secondary N) is 2. The summed E-state index contributed by atoms with van der Waals surface area (Å²) in [4.78, 5) is 11.3. The van der Waals surface area contributed by atoms with Gasteiger partial charge in [0, 0.05) is 12.8 Å². The van der Waals surface area contributed by atoms with Gasteiger partial charge in [0.25, 0.3) is 0 Å². The van der Waals surface area contributed by atoms with Gasteiger partial charge in [-0.25, -0.2) is 4.79 Å². The van der Waals surface area contributed by atoms with Gasteiger partial charge in [-0.1, -0.05) is 12.7 Å². The molecule has 1 aliphatic heterocycles. The minimum Gasteiger partial charge on any atom is -0.445 e. The number of rotatable bonds is 5. The summed E-state index contributed by atoms with van der Waals surface area (Å²) in [6.07, 6.45) is 4.56. The second-order valence-corrected chi connectivity index (χ2v) is 3.39. The Morgan fingerprint density at radius 2 is 2.50 bits per heavy atom. The molecule has 1 saturated heterocycles. The van der Waals surface area contributed by atoms with E-state index < -0.39 is 6.09 Å². The Morgan fingerprint density at radius 1 is 1.69 bits per heavy atom. The van der Waals surface area contributed by atoms with E-state index in [-0.39, 0.29) is 12.6 Å². The molecular formula is C11H16N2O3. The number of allylic oxidation sites excluding steroid dienone is 1. The molecule has 1 aliphatic rings. The molecule has 0 aromatic carbocycles. The van der Waals surface area contributed by atoms with Crippen molar-refractivity contribution in [2.24, 2.45) is 0 Å². The number of ether oxygens (including phenoxy) is 2. The van der Waals surface area contributed by atoms with Crippen molar-refractivity contribution in [3.05, 3.63) is 24.3 Å². The molecule has 1 unspecified atom stereocenters. The quantitative estimate of drug-likeness (QED) is 0.545. The molecule has 0 saturated carbocycles. The molecule has 2 N–H and O–H groups in total. The summed E-state index contributed by atoms with van der Waals surface area (Å²) < 4.78 is 10.1. The van der Waals surface area contributed by atoms with Crippen LogP contribution in [0.4, 0.5) is 4.79 Å². The summed E-state index contributed by atoms with van der Waals surface area (Å²) in [5, 5.41) is 9.58. The molecule has 1 fully saturated rings. The van der Waals surface area contributed by atoms with Crippen LogP contribution in [0.2, 0.25) is 0 Å². The zero-order chi connectivity index (χ0) is 11.8. The molecule has 1 heterocycles. The van der Waals surface area contributed by atoms with Crippen LogP contribution in [0, 0.1) is 5.41 Å². The Morgan fingerprint density at radius 3 is 3.06 bits per heavy atom. The maximum Gasteiger partial charge on any atom is 0.407 e. The number of alkyl carbamates (subject to hydrolysis) is 1. The van der Waals surface area contributed by atoms with Crippen molar-refractivity contribution in [3.8, 4) is 0 Å². The molecule has 88 valence electrons. The fourth-order valence-corrected chi connectivity index (χ4v) is 1.29. The van der Waals surface area contributed by atoms with Crippen LogP contribution in [0.5, 0.6) is 0 Å². The van der Waals surface area contributed by atoms with Crippen molar-refractivity contribution in [2.45, 2.75) is 12.5 Å². The molecule has 1 rings (SSSR count). The van der Waals surface area contributed by atoms with E-state index in [9.17, 15) is 4.79 Å². The van der Waals surface area contributed by atoms with Crippen molar-refractivity contribution in [2.75, 3.05) is 19.8 Å². The van der Waals surface area contributed by atoms with Gasteiger partial charge in [0.15, 0.2) is 0 Å². The number of carbonyl (C=O) groups is 1. The minimum absolute atomic E-state index is 0.0476. The molecule has 1 atom stereocenters. The van der Waals surface area contributed by atoms with Crippen molar-refractivity contribution < 1.29 is 14.3 Å². The number of hydrogen-bond donors (Lipinski definition) is 2. The average Bonchev–Trinajstić information content (AvgIpc) is 2.76. The van der Waals surface area contributed by atoms with Gasteiger partial charge >= 0.3 is 6.09 Å². The lowest BCUT2D eigenvalue weighted by atomic mass is 10.2. The largest absolute Gasteiger partial charge is 0.445 e. The van der Waals surface area contributed by atoms with Gasteiger partial charge in [-0.2, -0.15) is 0 Å². The molecule has 0 radical (unpaired) electrons. The fraction of sp³-hybridized carbons (Fsp3) is 0.455. The minimum atomic E-state index is -0.465. The van der Waals surface area contributed by atoms with Crippen LogP contribution >= 0.6 is 0 Å². The Kier molecular flexibility index (Phi) is 5.28. The molecule has 0 aromatic heterocycles. The van der Waals surface area contributed by atoms with Crippen LogP contribution in [0.15, 0.2) is 24.3 Å². The Bertz CT molecular complexity index is 294. The molecule has 0 bridgehead atoms. The van der Waals surface area contributed by atoms with Crippen LogP contribution in [-0.4, -0.2) is 38.2 Å². The molecule has 5 nitrogen and oxygen atoms in total. The Labute approximate surface area is 94.6 Å². The maximum absolute atomic E-state index is 11.3. The summed E-state index contributed by atoms with van der Waals surface area (Å²) in [5.74, 6) is 0. The number of carbonyl (C=O) groups excluding carboxylic acids is 1. The van der Waals surface area contributed by atoms with E-state index in [2.05, 4.69) is 11.9 Å². The normalized spacial score (nSPS) is 20.2. The zero-order valence-electron chi connectivity index (χ0n) is 9.07. The predicted molar refractivity (Wildman–Crippen MR) is 60.8 cm³/mol. The van der Waals surface area contributed by atoms with Crippen LogP contribution < -0.4 is 5.32 Å². The second-order valence-electron chi connectivity index (χ2n) is 3.39. The summed E-state index contributed by atoms with van der Waals surface area (Å²) in [7, 11) is 0. The van der Waals surface area contributed by atoms with Gasteiger partial charge in [0.2, 0.25) is 0 Å². The van der Waals surface area contributed by atoms with E-state index in [4.69, 9.17) is 14.9 Å². The van der Waals surface area contributed by atoms with Gasteiger partial charge in [-0.15, -0.1) is 0 Å². The van der Waals surface area contributed by atoms with Crippen molar-refractivity contribution in [1.82, 2.24) is 5.32 Å². The number of hydrogen-bond acceptors (Lipinski definition) is 4. The SMILES string of the molecule is C=C/C(=C\C=N)COC(=O)NC1CCOC1. The maximum atomic E-state index is 11.3. The lowest BCUT2D eigenvalue weighted by Gasteiger charge is -2.11. The summed E-state index contributed by atoms with van der Waals surface area (Å²) >= 11 is 0. The van der Waals surface area contributed by atoms with E-state index in [0.29, 0.717) is 18.8 Å². The van der Waals surface area contributed by atoms with Crippen molar-refractivity contribution in [1.29, 1.82) is 5.41 Å². The smallest absolute Gasteiger partial charge is 0.407 e. The highest BCUT2D eigenvalue weighted by molar-refractivity contribution is 5.71. The first kappa shape index (κ1) is 12.4. The van der Waals surface area contributed by atoms with Crippen molar-refractivity contribution in [3.63, 3.8) is 0 Å². The third kappa shape index (κ3) is 4.27. The van der Waals surface area contributed by atoms with Gasteiger partial charge < -0.3 is 20.2 Å². The molecule has 5 heteroatoms. The van der Waals surface area contributed by atoms with Gasteiger partial charge in [0.05, 0.1) is 12.6 Å². The lowest BCUT2D eigenvalue weighted by Crippen LogP contribution is -2.35. The first-order chi connectivity index (χ1) is 7.76. The van der Waals surface area contributed by atoms with Crippen molar-refractivity contribution >= 4 is 12.3 Å². The van der Waals surface area contributed by atoms with E-state index in [1.54, 1.807) is 6.08 Å². The Balaban J connectivity index is 2.25. The predicted octanol–water partition coefficient (Wildman–Crippen LogP) is 1.26. The second kappa shape index (κ2) is 6.79. The molecule has 16 heavy (non-hydrogen) atoms. The monoisotopic (exact) mass is 224 g/mol. The summed E-state index contributed by atoms with van der Waals surface area (Å²) in [6, 6.07) is 0.0476. The van der Waals surface area contributed by atoms with Gasteiger partial charge in [-0.3, -0.25) is 0 Å².